The van der Waals surface area contributed by atoms with Crippen molar-refractivity contribution in [1.82, 2.24) is 4.98 Å². The molecule has 110 valence electrons. The molecule has 0 spiro atoms. The number of hydrogen-bond acceptors (Lipinski definition) is 3. The van der Waals surface area contributed by atoms with E-state index < -0.39 is 11.4 Å². The number of hydrogen-bond donors (Lipinski definition) is 2. The molecule has 1 heterocycles. The van der Waals surface area contributed by atoms with Crippen molar-refractivity contribution in [2.45, 2.75) is 25.8 Å². The van der Waals surface area contributed by atoms with E-state index in [0.29, 0.717) is 11.6 Å². The highest BCUT2D eigenvalue weighted by Gasteiger charge is 2.29. The zero-order chi connectivity index (χ0) is 15.5. The molecule has 1 aromatic carbocycles. The number of aliphatic carboxylic acids is 1. The monoisotopic (exact) mass is 304 g/mol. The van der Waals surface area contributed by atoms with Gasteiger partial charge in [-0.3, -0.25) is 9.78 Å². The normalized spacial score (nSPS) is 11.2. The van der Waals surface area contributed by atoms with Crippen LogP contribution in [0.3, 0.4) is 0 Å². The molecule has 0 bridgehead atoms. The van der Waals surface area contributed by atoms with E-state index in [1.165, 1.54) is 0 Å². The van der Waals surface area contributed by atoms with Crippen molar-refractivity contribution in [2.24, 2.45) is 0 Å². The third kappa shape index (κ3) is 3.73. The minimum absolute atomic E-state index is 0.582. The molecule has 0 saturated carbocycles. The van der Waals surface area contributed by atoms with Crippen LogP contribution in [-0.4, -0.2) is 16.1 Å². The topological polar surface area (TPSA) is 62.2 Å². The summed E-state index contributed by atoms with van der Waals surface area (Å²) in [7, 11) is 0. The number of carboxylic acid groups (broad SMARTS) is 1. The van der Waals surface area contributed by atoms with Gasteiger partial charge in [-0.2, -0.15) is 0 Å². The Morgan fingerprint density at radius 2 is 1.90 bits per heavy atom. The Kier molecular flexibility index (Phi) is 4.48. The first-order chi connectivity index (χ1) is 9.89. The van der Waals surface area contributed by atoms with Crippen LogP contribution in [0.1, 0.15) is 25.1 Å². The lowest BCUT2D eigenvalue weighted by molar-refractivity contribution is -0.142. The summed E-state index contributed by atoms with van der Waals surface area (Å²) in [5.74, 6) is -0.839. The van der Waals surface area contributed by atoms with Gasteiger partial charge in [0.05, 0.1) is 22.7 Å². The highest BCUT2D eigenvalue weighted by atomic mass is 35.5. The Bertz CT molecular complexity index is 622. The second-order valence-electron chi connectivity index (χ2n) is 5.33. The van der Waals surface area contributed by atoms with E-state index in [0.717, 1.165) is 16.9 Å². The summed E-state index contributed by atoms with van der Waals surface area (Å²) in [5, 5.41) is 13.0. The minimum Gasteiger partial charge on any atom is -0.481 e. The van der Waals surface area contributed by atoms with Gasteiger partial charge >= 0.3 is 5.97 Å². The van der Waals surface area contributed by atoms with Crippen molar-refractivity contribution < 1.29 is 9.90 Å². The first-order valence-electron chi connectivity index (χ1n) is 6.58. The Balaban J connectivity index is 2.03. The van der Waals surface area contributed by atoms with Gasteiger partial charge in [0.15, 0.2) is 0 Å². The van der Waals surface area contributed by atoms with E-state index in [9.17, 15) is 9.90 Å². The van der Waals surface area contributed by atoms with Crippen LogP contribution in [0.2, 0.25) is 5.02 Å². The average Bonchev–Trinajstić information content (AvgIpc) is 2.47. The highest BCUT2D eigenvalue weighted by molar-refractivity contribution is 6.30. The van der Waals surface area contributed by atoms with Gasteiger partial charge in [0.25, 0.3) is 0 Å². The maximum atomic E-state index is 11.2. The summed E-state index contributed by atoms with van der Waals surface area (Å²) in [4.78, 5) is 15.4. The molecule has 0 saturated heterocycles. The third-order valence-electron chi connectivity index (χ3n) is 3.40. The van der Waals surface area contributed by atoms with Crippen LogP contribution < -0.4 is 5.32 Å². The number of carbonyl (C=O) groups is 1. The molecule has 2 rings (SSSR count). The second kappa shape index (κ2) is 6.14. The minimum atomic E-state index is -0.893. The maximum absolute atomic E-state index is 11.2. The smallest absolute Gasteiger partial charge is 0.313 e. The van der Waals surface area contributed by atoms with E-state index in [2.05, 4.69) is 10.3 Å². The second-order valence-corrected chi connectivity index (χ2v) is 5.77. The van der Waals surface area contributed by atoms with E-state index in [1.807, 2.05) is 30.3 Å². The van der Waals surface area contributed by atoms with E-state index in [4.69, 9.17) is 11.6 Å². The molecule has 0 aliphatic heterocycles. The zero-order valence-corrected chi connectivity index (χ0v) is 12.7. The van der Waals surface area contributed by atoms with Gasteiger partial charge in [-0.05, 0) is 43.7 Å². The van der Waals surface area contributed by atoms with Crippen LogP contribution in [0.25, 0.3) is 0 Å². The van der Waals surface area contributed by atoms with Gasteiger partial charge in [0, 0.05) is 11.9 Å². The van der Waals surface area contributed by atoms with Crippen molar-refractivity contribution in [1.29, 1.82) is 0 Å². The van der Waals surface area contributed by atoms with Crippen molar-refractivity contribution >= 4 is 23.3 Å². The fourth-order valence-electron chi connectivity index (χ4n) is 1.83. The Labute approximate surface area is 128 Å². The first-order valence-corrected chi connectivity index (χ1v) is 6.95. The number of nitrogens with one attached hydrogen (secondary N) is 1. The molecule has 0 fully saturated rings. The van der Waals surface area contributed by atoms with Crippen LogP contribution in [-0.2, 0) is 16.8 Å². The molecule has 2 N–H and O–H groups in total. The number of rotatable bonds is 5. The number of benzene rings is 1. The van der Waals surface area contributed by atoms with Gasteiger partial charge in [0.2, 0.25) is 0 Å². The van der Waals surface area contributed by atoms with Crippen molar-refractivity contribution in [2.75, 3.05) is 5.32 Å². The summed E-state index contributed by atoms with van der Waals surface area (Å²) in [6, 6.07) is 11.0. The van der Waals surface area contributed by atoms with Crippen LogP contribution in [0.15, 0.2) is 42.6 Å². The predicted molar refractivity (Wildman–Crippen MR) is 83.7 cm³/mol. The Morgan fingerprint density at radius 1 is 1.24 bits per heavy atom. The number of halogens is 1. The summed E-state index contributed by atoms with van der Waals surface area (Å²) < 4.78 is 0. The molecule has 5 heteroatoms. The van der Waals surface area contributed by atoms with Gasteiger partial charge in [-0.15, -0.1) is 0 Å². The first kappa shape index (κ1) is 15.3. The van der Waals surface area contributed by atoms with Gasteiger partial charge < -0.3 is 10.4 Å². The van der Waals surface area contributed by atoms with Crippen molar-refractivity contribution in [3.63, 3.8) is 0 Å². The van der Waals surface area contributed by atoms with Gasteiger partial charge in [-0.1, -0.05) is 23.7 Å². The molecule has 0 amide bonds. The molecule has 2 aromatic rings. The van der Waals surface area contributed by atoms with Crippen LogP contribution >= 0.6 is 11.6 Å². The zero-order valence-electron chi connectivity index (χ0n) is 11.9. The van der Waals surface area contributed by atoms with Gasteiger partial charge in [0.1, 0.15) is 0 Å². The van der Waals surface area contributed by atoms with Crippen LogP contribution in [0.5, 0.6) is 0 Å². The number of nitrogens with zero attached hydrogens (tertiary/aromatic N) is 1. The summed E-state index contributed by atoms with van der Waals surface area (Å²) >= 11 is 5.78. The quantitative estimate of drug-likeness (QED) is 0.884. The number of carboxylic acids is 1. The van der Waals surface area contributed by atoms with Crippen molar-refractivity contribution in [3.05, 3.63) is 58.9 Å². The molecule has 0 atom stereocenters. The molecule has 4 nitrogen and oxygen atoms in total. The number of pyridine rings is 1. The van der Waals surface area contributed by atoms with Crippen molar-refractivity contribution in [3.8, 4) is 0 Å². The standard InChI is InChI=1S/C16H17ClN2O2/c1-16(2,15(20)21)11-3-6-13(7-4-11)19-10-14-8-5-12(17)9-18-14/h3-9,19H,10H2,1-2H3,(H,20,21). The lowest BCUT2D eigenvalue weighted by Gasteiger charge is -2.20. The van der Waals surface area contributed by atoms with Crippen LogP contribution in [0, 0.1) is 0 Å². The summed E-state index contributed by atoms with van der Waals surface area (Å²) in [6.45, 7) is 3.96. The maximum Gasteiger partial charge on any atom is 0.313 e. The number of aromatic nitrogens is 1. The highest BCUT2D eigenvalue weighted by Crippen LogP contribution is 2.24. The molecule has 1 aromatic heterocycles. The largest absolute Gasteiger partial charge is 0.481 e. The summed E-state index contributed by atoms with van der Waals surface area (Å²) in [6.07, 6.45) is 1.61. The Hall–Kier alpha value is -2.07. The molecule has 21 heavy (non-hydrogen) atoms. The summed E-state index contributed by atoms with van der Waals surface area (Å²) in [5.41, 5.74) is 1.67. The Morgan fingerprint density at radius 3 is 2.43 bits per heavy atom. The predicted octanol–water partition coefficient (Wildman–Crippen LogP) is 3.71. The molecular formula is C16H17ClN2O2. The third-order valence-corrected chi connectivity index (χ3v) is 3.63. The molecule has 0 unspecified atom stereocenters. The van der Waals surface area contributed by atoms with E-state index in [1.54, 1.807) is 26.1 Å². The SMILES string of the molecule is CC(C)(C(=O)O)c1ccc(NCc2ccc(Cl)cn2)cc1. The van der Waals surface area contributed by atoms with Gasteiger partial charge in [-0.25, -0.2) is 0 Å². The fourth-order valence-corrected chi connectivity index (χ4v) is 1.94. The van der Waals surface area contributed by atoms with E-state index >= 15 is 0 Å². The molecular weight excluding hydrogens is 288 g/mol. The lowest BCUT2D eigenvalue weighted by Crippen LogP contribution is -2.28. The fraction of sp³-hybridized carbons (Fsp3) is 0.250. The molecule has 0 radical (unpaired) electrons. The lowest BCUT2D eigenvalue weighted by atomic mass is 9.85. The molecule has 0 aliphatic rings. The van der Waals surface area contributed by atoms with Crippen LogP contribution in [0.4, 0.5) is 5.69 Å². The van der Waals surface area contributed by atoms with E-state index in [-0.39, 0.29) is 0 Å². The molecule has 0 aliphatic carbocycles. The number of anilines is 1. The average molecular weight is 305 g/mol.